The van der Waals surface area contributed by atoms with Crippen LogP contribution in [0.3, 0.4) is 0 Å². The lowest BCUT2D eigenvalue weighted by atomic mass is 10.2. The van der Waals surface area contributed by atoms with Crippen molar-refractivity contribution in [3.8, 4) is 17.2 Å². The van der Waals surface area contributed by atoms with Gasteiger partial charge < -0.3 is 29.7 Å². The van der Waals surface area contributed by atoms with Crippen LogP contribution in [0.2, 0.25) is 0 Å². The Labute approximate surface area is 170 Å². The van der Waals surface area contributed by atoms with Crippen molar-refractivity contribution in [2.45, 2.75) is 19.3 Å². The summed E-state index contributed by atoms with van der Waals surface area (Å²) < 4.78 is 16.1. The quantitative estimate of drug-likeness (QED) is 0.587. The predicted octanol–water partition coefficient (Wildman–Crippen LogP) is 2.67. The molecule has 1 fully saturated rings. The molecule has 1 saturated heterocycles. The summed E-state index contributed by atoms with van der Waals surface area (Å²) in [6.45, 7) is 2.37. The Bertz CT molecular complexity index is 820. The van der Waals surface area contributed by atoms with Gasteiger partial charge in [-0.25, -0.2) is 9.97 Å². The van der Waals surface area contributed by atoms with Crippen molar-refractivity contribution in [2.75, 3.05) is 51.6 Å². The van der Waals surface area contributed by atoms with Crippen molar-refractivity contribution in [1.82, 2.24) is 14.9 Å². The number of nitrogens with one attached hydrogen (secondary N) is 2. The standard InChI is InChI=1S/C20H27N5O4/c1-27-15-10-14(11-16(28-2)20(15)29-3)24-18-12-17(22-13-23-18)21-7-5-9-25-8-4-6-19(25)26/h10-13H,4-9H2,1-3H3,(H2,21,22,23,24). The van der Waals surface area contributed by atoms with Crippen LogP contribution in [0.5, 0.6) is 17.2 Å². The summed E-state index contributed by atoms with van der Waals surface area (Å²) in [6, 6.07) is 5.44. The minimum absolute atomic E-state index is 0.254. The van der Waals surface area contributed by atoms with Gasteiger partial charge in [0.1, 0.15) is 18.0 Å². The highest BCUT2D eigenvalue weighted by atomic mass is 16.5. The van der Waals surface area contributed by atoms with Gasteiger partial charge in [-0.05, 0) is 12.8 Å². The zero-order chi connectivity index (χ0) is 20.6. The van der Waals surface area contributed by atoms with E-state index in [4.69, 9.17) is 14.2 Å². The highest BCUT2D eigenvalue weighted by Crippen LogP contribution is 2.40. The van der Waals surface area contributed by atoms with Crippen molar-refractivity contribution in [3.05, 3.63) is 24.5 Å². The number of methoxy groups -OCH3 is 3. The van der Waals surface area contributed by atoms with E-state index in [1.54, 1.807) is 21.3 Å². The van der Waals surface area contributed by atoms with Gasteiger partial charge in [-0.3, -0.25) is 4.79 Å². The molecule has 156 valence electrons. The second-order valence-corrected chi connectivity index (χ2v) is 6.59. The van der Waals surface area contributed by atoms with E-state index in [1.807, 2.05) is 23.1 Å². The van der Waals surface area contributed by atoms with Gasteiger partial charge in [0, 0.05) is 49.9 Å². The summed E-state index contributed by atoms with van der Waals surface area (Å²) in [5, 5.41) is 6.50. The minimum Gasteiger partial charge on any atom is -0.493 e. The average molecular weight is 401 g/mol. The summed E-state index contributed by atoms with van der Waals surface area (Å²) >= 11 is 0. The van der Waals surface area contributed by atoms with Gasteiger partial charge in [-0.15, -0.1) is 0 Å². The van der Waals surface area contributed by atoms with Crippen LogP contribution in [-0.4, -0.2) is 61.7 Å². The number of aromatic nitrogens is 2. The van der Waals surface area contributed by atoms with E-state index in [0.717, 1.165) is 38.2 Å². The molecule has 0 bridgehead atoms. The van der Waals surface area contributed by atoms with Gasteiger partial charge in [-0.1, -0.05) is 0 Å². The molecule has 9 heteroatoms. The molecule has 0 saturated carbocycles. The first-order valence-corrected chi connectivity index (χ1v) is 9.55. The average Bonchev–Trinajstić information content (AvgIpc) is 3.15. The molecule has 1 amide bonds. The number of ether oxygens (including phenoxy) is 3. The number of likely N-dealkylation sites (tertiary alicyclic amines) is 1. The molecule has 1 aromatic carbocycles. The smallest absolute Gasteiger partial charge is 0.222 e. The van der Waals surface area contributed by atoms with E-state index >= 15 is 0 Å². The second-order valence-electron chi connectivity index (χ2n) is 6.59. The fraction of sp³-hybridized carbons (Fsp3) is 0.450. The van der Waals surface area contributed by atoms with Crippen LogP contribution >= 0.6 is 0 Å². The third-order valence-electron chi connectivity index (χ3n) is 4.69. The molecular weight excluding hydrogens is 374 g/mol. The van der Waals surface area contributed by atoms with Crippen molar-refractivity contribution in [1.29, 1.82) is 0 Å². The number of hydrogen-bond donors (Lipinski definition) is 2. The lowest BCUT2D eigenvalue weighted by Gasteiger charge is -2.16. The molecule has 0 spiro atoms. The SMILES string of the molecule is COc1cc(Nc2cc(NCCCN3CCCC3=O)ncn2)cc(OC)c1OC. The van der Waals surface area contributed by atoms with Crippen LogP contribution in [0.25, 0.3) is 0 Å². The molecule has 0 unspecified atom stereocenters. The summed E-state index contributed by atoms with van der Waals surface area (Å²) in [6.07, 6.45) is 4.00. The molecule has 2 heterocycles. The normalized spacial score (nSPS) is 13.3. The minimum atomic E-state index is 0.254. The zero-order valence-electron chi connectivity index (χ0n) is 17.0. The first-order chi connectivity index (χ1) is 14.1. The Morgan fingerprint density at radius 2 is 1.76 bits per heavy atom. The monoisotopic (exact) mass is 401 g/mol. The Balaban J connectivity index is 1.60. The fourth-order valence-corrected chi connectivity index (χ4v) is 3.25. The molecule has 0 atom stereocenters. The molecule has 1 aliphatic rings. The van der Waals surface area contributed by atoms with E-state index in [9.17, 15) is 4.79 Å². The number of carbonyl (C=O) groups is 1. The van der Waals surface area contributed by atoms with Gasteiger partial charge >= 0.3 is 0 Å². The maximum absolute atomic E-state index is 11.6. The number of hydrogen-bond acceptors (Lipinski definition) is 8. The summed E-state index contributed by atoms with van der Waals surface area (Å²) in [4.78, 5) is 22.1. The number of anilines is 3. The van der Waals surface area contributed by atoms with Crippen LogP contribution in [0.4, 0.5) is 17.3 Å². The van der Waals surface area contributed by atoms with Gasteiger partial charge in [-0.2, -0.15) is 0 Å². The maximum Gasteiger partial charge on any atom is 0.222 e. The number of amides is 1. The molecule has 1 aromatic heterocycles. The van der Waals surface area contributed by atoms with Crippen molar-refractivity contribution in [3.63, 3.8) is 0 Å². The number of carbonyl (C=O) groups excluding carboxylic acids is 1. The van der Waals surface area contributed by atoms with Crippen molar-refractivity contribution >= 4 is 23.2 Å². The van der Waals surface area contributed by atoms with Gasteiger partial charge in [0.15, 0.2) is 11.5 Å². The topological polar surface area (TPSA) is 97.8 Å². The predicted molar refractivity (Wildman–Crippen MR) is 110 cm³/mol. The Kier molecular flexibility index (Phi) is 6.94. The summed E-state index contributed by atoms with van der Waals surface area (Å²) in [7, 11) is 4.71. The molecule has 2 N–H and O–H groups in total. The van der Waals surface area contributed by atoms with Gasteiger partial charge in [0.2, 0.25) is 11.7 Å². The molecule has 2 aromatic rings. The van der Waals surface area contributed by atoms with E-state index in [1.165, 1.54) is 6.33 Å². The zero-order valence-corrected chi connectivity index (χ0v) is 17.0. The van der Waals surface area contributed by atoms with Crippen LogP contribution in [-0.2, 0) is 4.79 Å². The number of nitrogens with zero attached hydrogens (tertiary/aromatic N) is 3. The first-order valence-electron chi connectivity index (χ1n) is 9.55. The van der Waals surface area contributed by atoms with E-state index < -0.39 is 0 Å². The molecule has 29 heavy (non-hydrogen) atoms. The van der Waals surface area contributed by atoms with E-state index in [-0.39, 0.29) is 5.91 Å². The Morgan fingerprint density at radius 3 is 2.38 bits per heavy atom. The van der Waals surface area contributed by atoms with Crippen molar-refractivity contribution < 1.29 is 19.0 Å². The van der Waals surface area contributed by atoms with Crippen molar-refractivity contribution in [2.24, 2.45) is 0 Å². The lowest BCUT2D eigenvalue weighted by Crippen LogP contribution is -2.27. The molecule has 3 rings (SSSR count). The van der Waals surface area contributed by atoms with Gasteiger partial charge in [0.25, 0.3) is 0 Å². The molecular formula is C20H27N5O4. The van der Waals surface area contributed by atoms with Crippen LogP contribution in [0, 0.1) is 0 Å². The van der Waals surface area contributed by atoms with E-state index in [0.29, 0.717) is 35.3 Å². The number of rotatable bonds is 10. The molecule has 9 nitrogen and oxygen atoms in total. The summed E-state index contributed by atoms with van der Waals surface area (Å²) in [5.41, 5.74) is 0.747. The fourth-order valence-electron chi connectivity index (χ4n) is 3.25. The number of benzene rings is 1. The highest BCUT2D eigenvalue weighted by Gasteiger charge is 2.19. The third-order valence-corrected chi connectivity index (χ3v) is 4.69. The first kappa shape index (κ1) is 20.5. The lowest BCUT2D eigenvalue weighted by molar-refractivity contribution is -0.127. The van der Waals surface area contributed by atoms with Crippen LogP contribution in [0.1, 0.15) is 19.3 Å². The van der Waals surface area contributed by atoms with Crippen LogP contribution in [0.15, 0.2) is 24.5 Å². The molecule has 1 aliphatic heterocycles. The summed E-state index contributed by atoms with van der Waals surface area (Å²) in [5.74, 6) is 3.23. The van der Waals surface area contributed by atoms with E-state index in [2.05, 4.69) is 20.6 Å². The molecule has 0 aliphatic carbocycles. The third kappa shape index (κ3) is 5.18. The van der Waals surface area contributed by atoms with Crippen LogP contribution < -0.4 is 24.8 Å². The second kappa shape index (κ2) is 9.81. The maximum atomic E-state index is 11.6. The largest absolute Gasteiger partial charge is 0.493 e. The molecule has 0 radical (unpaired) electrons. The van der Waals surface area contributed by atoms with Gasteiger partial charge in [0.05, 0.1) is 21.3 Å². The Hall–Kier alpha value is -3.23. The highest BCUT2D eigenvalue weighted by molar-refractivity contribution is 5.78. The Morgan fingerprint density at radius 1 is 1.03 bits per heavy atom.